The summed E-state index contributed by atoms with van der Waals surface area (Å²) >= 11 is 12.2. The number of carbonyl (C=O) groups is 1. The summed E-state index contributed by atoms with van der Waals surface area (Å²) in [6.45, 7) is -0.166. The fraction of sp³-hybridized carbons (Fsp3) is 0.188. The molecule has 7 nitrogen and oxygen atoms in total. The first-order chi connectivity index (χ1) is 11.7. The predicted molar refractivity (Wildman–Crippen MR) is 97.1 cm³/mol. The lowest BCUT2D eigenvalue weighted by molar-refractivity contribution is -0.118. The minimum atomic E-state index is -0.589. The highest BCUT2D eigenvalue weighted by molar-refractivity contribution is 6.36. The molecule has 2 N–H and O–H groups in total. The fourth-order valence-electron chi connectivity index (χ4n) is 2.85. The van der Waals surface area contributed by atoms with Crippen LogP contribution in [0.3, 0.4) is 0 Å². The first-order valence-corrected chi connectivity index (χ1v) is 8.00. The van der Waals surface area contributed by atoms with Gasteiger partial charge in [0.25, 0.3) is 5.56 Å². The van der Waals surface area contributed by atoms with Crippen molar-refractivity contribution < 1.29 is 4.79 Å². The number of primary amides is 1. The van der Waals surface area contributed by atoms with E-state index in [4.69, 9.17) is 28.9 Å². The molecule has 0 aliphatic rings. The number of fused-ring (bicyclic) bond motifs is 1. The number of halogens is 2. The molecular formula is C16H14Cl2N4O3. The van der Waals surface area contributed by atoms with Crippen LogP contribution in [0.2, 0.25) is 10.0 Å². The van der Waals surface area contributed by atoms with Crippen molar-refractivity contribution in [3.8, 4) is 11.3 Å². The van der Waals surface area contributed by atoms with Crippen LogP contribution >= 0.6 is 23.2 Å². The lowest BCUT2D eigenvalue weighted by Crippen LogP contribution is -2.36. The van der Waals surface area contributed by atoms with Gasteiger partial charge in [0.1, 0.15) is 6.54 Å². The van der Waals surface area contributed by atoms with Crippen LogP contribution in [0.4, 0.5) is 0 Å². The minimum Gasteiger partial charge on any atom is -0.368 e. The molecule has 0 radical (unpaired) electrons. The smallest absolute Gasteiger partial charge is 0.330 e. The van der Waals surface area contributed by atoms with Crippen molar-refractivity contribution >= 4 is 40.0 Å². The molecule has 0 unspecified atom stereocenters. The van der Waals surface area contributed by atoms with Gasteiger partial charge in [-0.15, -0.1) is 0 Å². The van der Waals surface area contributed by atoms with E-state index in [0.29, 0.717) is 26.8 Å². The number of nitrogens with two attached hydrogens (primary N) is 1. The van der Waals surface area contributed by atoms with Crippen molar-refractivity contribution in [2.24, 2.45) is 19.8 Å². The summed E-state index contributed by atoms with van der Waals surface area (Å²) in [5, 5.41) is 1.02. The molecule has 0 atom stereocenters. The van der Waals surface area contributed by atoms with Crippen LogP contribution in [0.25, 0.3) is 22.2 Å². The molecule has 130 valence electrons. The van der Waals surface area contributed by atoms with Crippen LogP contribution in [-0.4, -0.2) is 19.6 Å². The summed E-state index contributed by atoms with van der Waals surface area (Å²) < 4.78 is 3.86. The molecule has 0 bridgehead atoms. The number of aryl methyl sites for hydroxylation is 1. The zero-order chi connectivity index (χ0) is 18.5. The Morgan fingerprint density at radius 3 is 2.44 bits per heavy atom. The van der Waals surface area contributed by atoms with E-state index in [9.17, 15) is 14.4 Å². The van der Waals surface area contributed by atoms with Crippen molar-refractivity contribution in [2.75, 3.05) is 0 Å². The van der Waals surface area contributed by atoms with E-state index < -0.39 is 17.2 Å². The highest BCUT2D eigenvalue weighted by atomic mass is 35.5. The largest absolute Gasteiger partial charge is 0.368 e. The standard InChI is InChI=1S/C16H14Cl2N4O3/c1-20-11-6-22(7-12(19)23)14(9-4-3-8(17)5-10(9)18)13(11)15(24)21(2)16(20)25/h3-6H,7H2,1-2H3,(H2,19,23). The third-order valence-corrected chi connectivity index (χ3v) is 4.57. The maximum atomic E-state index is 12.7. The van der Waals surface area contributed by atoms with E-state index in [1.807, 2.05) is 0 Å². The molecule has 3 aromatic rings. The molecule has 2 heterocycles. The van der Waals surface area contributed by atoms with Gasteiger partial charge < -0.3 is 10.3 Å². The molecule has 0 fully saturated rings. The molecule has 25 heavy (non-hydrogen) atoms. The van der Waals surface area contributed by atoms with E-state index in [1.54, 1.807) is 31.4 Å². The minimum absolute atomic E-state index is 0.166. The number of aromatic nitrogens is 3. The lowest BCUT2D eigenvalue weighted by Gasteiger charge is -2.10. The Hall–Kier alpha value is -2.51. The van der Waals surface area contributed by atoms with Gasteiger partial charge in [0.2, 0.25) is 5.91 Å². The van der Waals surface area contributed by atoms with Gasteiger partial charge in [0.15, 0.2) is 0 Å². The van der Waals surface area contributed by atoms with Crippen LogP contribution in [0.1, 0.15) is 0 Å². The Kier molecular flexibility index (Phi) is 4.22. The van der Waals surface area contributed by atoms with E-state index >= 15 is 0 Å². The monoisotopic (exact) mass is 380 g/mol. The SMILES string of the molecule is Cn1c(=O)c2c(-c3ccc(Cl)cc3Cl)n(CC(N)=O)cc2n(C)c1=O. The second kappa shape index (κ2) is 6.09. The van der Waals surface area contributed by atoms with E-state index in [-0.39, 0.29) is 11.9 Å². The van der Waals surface area contributed by atoms with Gasteiger partial charge in [-0.25, -0.2) is 4.79 Å². The third kappa shape index (κ3) is 2.75. The van der Waals surface area contributed by atoms with E-state index in [0.717, 1.165) is 4.57 Å². The Morgan fingerprint density at radius 1 is 1.16 bits per heavy atom. The average molecular weight is 381 g/mol. The van der Waals surface area contributed by atoms with E-state index in [2.05, 4.69) is 0 Å². The lowest BCUT2D eigenvalue weighted by atomic mass is 10.1. The van der Waals surface area contributed by atoms with Crippen LogP contribution in [0, 0.1) is 0 Å². The molecule has 1 amide bonds. The maximum Gasteiger partial charge on any atom is 0.330 e. The number of hydrogen-bond donors (Lipinski definition) is 1. The molecule has 0 aliphatic heterocycles. The Labute approximate surface area is 151 Å². The zero-order valence-electron chi connectivity index (χ0n) is 13.4. The highest BCUT2D eigenvalue weighted by Crippen LogP contribution is 2.34. The number of carbonyl (C=O) groups excluding carboxylic acids is 1. The number of amides is 1. The first-order valence-electron chi connectivity index (χ1n) is 7.25. The van der Waals surface area contributed by atoms with E-state index in [1.165, 1.54) is 16.2 Å². The van der Waals surface area contributed by atoms with Gasteiger partial charge >= 0.3 is 5.69 Å². The zero-order valence-corrected chi connectivity index (χ0v) is 14.9. The van der Waals surface area contributed by atoms with Crippen molar-refractivity contribution in [2.45, 2.75) is 6.54 Å². The van der Waals surface area contributed by atoms with Crippen LogP contribution < -0.4 is 17.0 Å². The van der Waals surface area contributed by atoms with Gasteiger partial charge in [-0.05, 0) is 18.2 Å². The summed E-state index contributed by atoms with van der Waals surface area (Å²) in [4.78, 5) is 36.4. The van der Waals surface area contributed by atoms with Gasteiger partial charge in [-0.3, -0.25) is 18.7 Å². The van der Waals surface area contributed by atoms with Crippen molar-refractivity contribution in [1.29, 1.82) is 0 Å². The third-order valence-electron chi connectivity index (χ3n) is 4.02. The molecular weight excluding hydrogens is 367 g/mol. The summed E-state index contributed by atoms with van der Waals surface area (Å²) in [6.07, 6.45) is 1.54. The molecule has 0 saturated heterocycles. The predicted octanol–water partition coefficient (Wildman–Crippen LogP) is 1.50. The number of benzene rings is 1. The number of rotatable bonds is 3. The van der Waals surface area contributed by atoms with Crippen LogP contribution in [0.5, 0.6) is 0 Å². The Morgan fingerprint density at radius 2 is 1.84 bits per heavy atom. The Balaban J connectivity index is 2.53. The van der Waals surface area contributed by atoms with Gasteiger partial charge in [0.05, 0.1) is 21.6 Å². The molecule has 9 heteroatoms. The molecule has 0 spiro atoms. The molecule has 1 aromatic carbocycles. The molecule has 3 rings (SSSR count). The van der Waals surface area contributed by atoms with Crippen LogP contribution in [-0.2, 0) is 25.4 Å². The first kappa shape index (κ1) is 17.3. The van der Waals surface area contributed by atoms with Gasteiger partial charge in [-0.1, -0.05) is 23.2 Å². The number of hydrogen-bond acceptors (Lipinski definition) is 3. The number of nitrogens with zero attached hydrogens (tertiary/aromatic N) is 3. The summed E-state index contributed by atoms with van der Waals surface area (Å²) in [6, 6.07) is 4.82. The molecule has 0 saturated carbocycles. The van der Waals surface area contributed by atoms with Crippen molar-refractivity contribution in [3.05, 3.63) is 55.3 Å². The van der Waals surface area contributed by atoms with Gasteiger partial charge in [0, 0.05) is 30.9 Å². The molecule has 2 aromatic heterocycles. The van der Waals surface area contributed by atoms with Crippen LogP contribution in [0.15, 0.2) is 34.0 Å². The summed E-state index contributed by atoms with van der Waals surface area (Å²) in [5.74, 6) is -0.589. The normalized spacial score (nSPS) is 11.2. The average Bonchev–Trinajstić information content (AvgIpc) is 2.89. The summed E-state index contributed by atoms with van der Waals surface area (Å²) in [5.41, 5.74) is 5.68. The summed E-state index contributed by atoms with van der Waals surface area (Å²) in [7, 11) is 2.94. The fourth-order valence-corrected chi connectivity index (χ4v) is 3.35. The second-order valence-corrected chi connectivity index (χ2v) is 6.51. The Bertz CT molecular complexity index is 1140. The van der Waals surface area contributed by atoms with Crippen molar-refractivity contribution in [3.63, 3.8) is 0 Å². The van der Waals surface area contributed by atoms with Gasteiger partial charge in [-0.2, -0.15) is 0 Å². The quantitative estimate of drug-likeness (QED) is 0.745. The topological polar surface area (TPSA) is 92.0 Å². The maximum absolute atomic E-state index is 12.7. The van der Waals surface area contributed by atoms with Crippen molar-refractivity contribution in [1.82, 2.24) is 13.7 Å². The highest BCUT2D eigenvalue weighted by Gasteiger charge is 2.21. The second-order valence-electron chi connectivity index (χ2n) is 5.66. The molecule has 0 aliphatic carbocycles.